The number of rotatable bonds is 2. The second kappa shape index (κ2) is 5.48. The summed E-state index contributed by atoms with van der Waals surface area (Å²) in [6, 6.07) is 8.10. The second-order valence-electron chi connectivity index (χ2n) is 6.57. The lowest BCUT2D eigenvalue weighted by atomic mass is 9.67. The molecule has 3 nitrogen and oxygen atoms in total. The van der Waals surface area contributed by atoms with Gasteiger partial charge in [0.15, 0.2) is 0 Å². The Morgan fingerprint density at radius 1 is 1.29 bits per heavy atom. The van der Waals surface area contributed by atoms with E-state index in [9.17, 15) is 0 Å². The highest BCUT2D eigenvalue weighted by Gasteiger charge is 2.37. The van der Waals surface area contributed by atoms with Crippen LogP contribution < -0.4 is 5.73 Å². The number of hydrogen-bond donors (Lipinski definition) is 1. The van der Waals surface area contributed by atoms with Crippen LogP contribution in [0.5, 0.6) is 0 Å². The summed E-state index contributed by atoms with van der Waals surface area (Å²) in [7, 11) is 0. The molecule has 0 radical (unpaired) electrons. The second-order valence-corrected chi connectivity index (χ2v) is 7.43. The van der Waals surface area contributed by atoms with Crippen LogP contribution in [0.3, 0.4) is 0 Å². The van der Waals surface area contributed by atoms with Gasteiger partial charge in [-0.05, 0) is 24.3 Å². The van der Waals surface area contributed by atoms with Crippen molar-refractivity contribution in [3.8, 4) is 11.1 Å². The topological polar surface area (TPSA) is 52.0 Å². The van der Waals surface area contributed by atoms with Crippen LogP contribution in [-0.4, -0.2) is 5.16 Å². The van der Waals surface area contributed by atoms with E-state index in [1.54, 1.807) is 0 Å². The third-order valence-electron chi connectivity index (χ3n) is 4.73. The minimum atomic E-state index is 0.234. The molecule has 0 aliphatic heterocycles. The molecule has 2 N–H and O–H groups in total. The molecule has 0 bridgehead atoms. The van der Waals surface area contributed by atoms with Gasteiger partial charge in [-0.3, -0.25) is 0 Å². The normalized spacial score (nSPS) is 21.4. The van der Waals surface area contributed by atoms with Crippen LogP contribution in [0, 0.1) is 5.41 Å². The molecular weight excluding hydrogens is 328 g/mol. The van der Waals surface area contributed by atoms with E-state index >= 15 is 0 Å². The van der Waals surface area contributed by atoms with Gasteiger partial charge in [-0.1, -0.05) is 66.0 Å². The van der Waals surface area contributed by atoms with Gasteiger partial charge in [-0.25, -0.2) is 0 Å². The van der Waals surface area contributed by atoms with Crippen molar-refractivity contribution < 1.29 is 4.52 Å². The molecule has 1 aromatic heterocycles. The number of aromatic nitrogens is 1. The average molecular weight is 349 g/mol. The molecule has 4 heteroatoms. The predicted octanol–water partition coefficient (Wildman–Crippen LogP) is 5.37. The number of hydrogen-bond acceptors (Lipinski definition) is 3. The Morgan fingerprint density at radius 2 is 2.05 bits per heavy atom. The fraction of sp³-hybridized carbons (Fsp3) is 0.471. The summed E-state index contributed by atoms with van der Waals surface area (Å²) in [6.07, 6.45) is 4.91. The lowest BCUT2D eigenvalue weighted by molar-refractivity contribution is 0.192. The summed E-state index contributed by atoms with van der Waals surface area (Å²) in [5, 5.41) is 4.33. The van der Waals surface area contributed by atoms with E-state index in [1.807, 2.05) is 18.2 Å². The maximum Gasteiger partial charge on any atom is 0.230 e. The Labute approximate surface area is 134 Å². The number of nitrogens with zero attached hydrogens (tertiary/aromatic N) is 1. The van der Waals surface area contributed by atoms with Gasteiger partial charge in [0, 0.05) is 16.0 Å². The van der Waals surface area contributed by atoms with Gasteiger partial charge < -0.3 is 10.3 Å². The monoisotopic (exact) mass is 348 g/mol. The van der Waals surface area contributed by atoms with Crippen LogP contribution >= 0.6 is 15.9 Å². The summed E-state index contributed by atoms with van der Waals surface area (Å²) in [4.78, 5) is 0. The molecule has 1 aliphatic rings. The average Bonchev–Trinajstić information content (AvgIpc) is 2.80. The standard InChI is InChI=1S/C17H21BrN2O/c1-17(2)10-6-5-8-12(17)15-14(16(19)21-20-15)11-7-3-4-9-13(11)18/h3-4,7,9,12H,5-6,8,10,19H2,1-2H3. The predicted molar refractivity (Wildman–Crippen MR) is 89.0 cm³/mol. The van der Waals surface area contributed by atoms with Crippen molar-refractivity contribution in [1.29, 1.82) is 0 Å². The summed E-state index contributed by atoms with van der Waals surface area (Å²) < 4.78 is 6.38. The molecule has 21 heavy (non-hydrogen) atoms. The lowest BCUT2D eigenvalue weighted by Gasteiger charge is -2.37. The van der Waals surface area contributed by atoms with Crippen LogP contribution in [0.25, 0.3) is 11.1 Å². The number of benzene rings is 1. The van der Waals surface area contributed by atoms with Crippen LogP contribution in [0.2, 0.25) is 0 Å². The Hall–Kier alpha value is -1.29. The lowest BCUT2D eigenvalue weighted by Crippen LogP contribution is -2.26. The number of halogens is 1. The molecular formula is C17H21BrN2O. The Kier molecular flexibility index (Phi) is 3.82. The van der Waals surface area contributed by atoms with Crippen molar-refractivity contribution in [2.75, 3.05) is 5.73 Å². The van der Waals surface area contributed by atoms with Crippen LogP contribution in [0.1, 0.15) is 51.1 Å². The first-order valence-electron chi connectivity index (χ1n) is 7.50. The van der Waals surface area contributed by atoms with Crippen LogP contribution in [0.4, 0.5) is 5.88 Å². The van der Waals surface area contributed by atoms with Gasteiger partial charge in [0.1, 0.15) is 0 Å². The fourth-order valence-corrected chi connectivity index (χ4v) is 3.97. The van der Waals surface area contributed by atoms with E-state index in [4.69, 9.17) is 10.3 Å². The molecule has 1 unspecified atom stereocenters. The third kappa shape index (κ3) is 2.61. The first kappa shape index (κ1) is 14.6. The smallest absolute Gasteiger partial charge is 0.230 e. The van der Waals surface area contributed by atoms with Gasteiger partial charge in [0.2, 0.25) is 5.88 Å². The number of anilines is 1. The fourth-order valence-electron chi connectivity index (χ4n) is 3.49. The van der Waals surface area contributed by atoms with E-state index in [1.165, 1.54) is 19.3 Å². The van der Waals surface area contributed by atoms with Crippen molar-refractivity contribution in [2.24, 2.45) is 5.41 Å². The molecule has 1 atom stereocenters. The van der Waals surface area contributed by atoms with Crippen molar-refractivity contribution in [1.82, 2.24) is 5.16 Å². The minimum absolute atomic E-state index is 0.234. The van der Waals surface area contributed by atoms with Gasteiger partial charge in [0.05, 0.1) is 11.3 Å². The summed E-state index contributed by atoms with van der Waals surface area (Å²) in [5.74, 6) is 0.813. The van der Waals surface area contributed by atoms with E-state index in [2.05, 4.69) is 41.0 Å². The summed E-state index contributed by atoms with van der Waals surface area (Å²) >= 11 is 3.61. The van der Waals surface area contributed by atoms with Crippen molar-refractivity contribution in [3.05, 3.63) is 34.4 Å². The highest BCUT2D eigenvalue weighted by atomic mass is 79.9. The van der Waals surface area contributed by atoms with Gasteiger partial charge in [-0.2, -0.15) is 0 Å². The minimum Gasteiger partial charge on any atom is -0.367 e. The number of nitrogen functional groups attached to an aromatic ring is 1. The van der Waals surface area contributed by atoms with Gasteiger partial charge in [0.25, 0.3) is 0 Å². The molecule has 3 rings (SSSR count). The Balaban J connectivity index is 2.11. The van der Waals surface area contributed by atoms with Crippen molar-refractivity contribution >= 4 is 21.8 Å². The Morgan fingerprint density at radius 3 is 2.76 bits per heavy atom. The van der Waals surface area contributed by atoms with Crippen molar-refractivity contribution in [3.63, 3.8) is 0 Å². The molecule has 0 amide bonds. The van der Waals surface area contributed by atoms with Gasteiger partial charge >= 0.3 is 0 Å². The molecule has 1 fully saturated rings. The SMILES string of the molecule is CC1(C)CCCCC1c1noc(N)c1-c1ccccc1Br. The molecule has 2 aromatic rings. The van der Waals surface area contributed by atoms with Crippen molar-refractivity contribution in [2.45, 2.75) is 45.4 Å². The van der Waals surface area contributed by atoms with E-state index in [0.717, 1.165) is 27.7 Å². The van der Waals surface area contributed by atoms with Crippen LogP contribution in [-0.2, 0) is 0 Å². The first-order chi connectivity index (χ1) is 10.0. The molecule has 1 aliphatic carbocycles. The van der Waals surface area contributed by atoms with E-state index in [-0.39, 0.29) is 5.41 Å². The zero-order chi connectivity index (χ0) is 15.0. The zero-order valence-electron chi connectivity index (χ0n) is 12.5. The molecule has 0 saturated heterocycles. The van der Waals surface area contributed by atoms with E-state index in [0.29, 0.717) is 11.8 Å². The molecule has 1 saturated carbocycles. The quantitative estimate of drug-likeness (QED) is 0.793. The maximum atomic E-state index is 6.09. The van der Waals surface area contributed by atoms with Crippen LogP contribution in [0.15, 0.2) is 33.3 Å². The highest BCUT2D eigenvalue weighted by Crippen LogP contribution is 2.50. The maximum absolute atomic E-state index is 6.09. The summed E-state index contributed by atoms with van der Waals surface area (Å²) in [5.41, 5.74) is 9.36. The zero-order valence-corrected chi connectivity index (χ0v) is 14.1. The Bertz CT molecular complexity index is 648. The first-order valence-corrected chi connectivity index (χ1v) is 8.30. The van der Waals surface area contributed by atoms with Gasteiger partial charge in [-0.15, -0.1) is 0 Å². The molecule has 1 heterocycles. The highest BCUT2D eigenvalue weighted by molar-refractivity contribution is 9.10. The largest absolute Gasteiger partial charge is 0.367 e. The molecule has 1 aromatic carbocycles. The van der Waals surface area contributed by atoms with E-state index < -0.39 is 0 Å². The number of nitrogens with two attached hydrogens (primary N) is 1. The molecule has 112 valence electrons. The third-order valence-corrected chi connectivity index (χ3v) is 5.42. The summed E-state index contributed by atoms with van der Waals surface area (Å²) in [6.45, 7) is 4.65. The molecule has 0 spiro atoms.